The molecule has 0 aromatic heterocycles. The Morgan fingerprint density at radius 1 is 1.29 bits per heavy atom. The van der Waals surface area contributed by atoms with Crippen LogP contribution in [0.15, 0.2) is 42.0 Å². The zero-order chi connectivity index (χ0) is 15.5. The van der Waals surface area contributed by atoms with Crippen molar-refractivity contribution in [1.82, 2.24) is 4.90 Å². The molecule has 0 fully saturated rings. The summed E-state index contributed by atoms with van der Waals surface area (Å²) in [5.41, 5.74) is 2.01. The van der Waals surface area contributed by atoms with Crippen LogP contribution in [0.4, 0.5) is 4.79 Å². The van der Waals surface area contributed by atoms with E-state index < -0.39 is 5.60 Å². The summed E-state index contributed by atoms with van der Waals surface area (Å²) in [6, 6.07) is 10.2. The van der Waals surface area contributed by atoms with Gasteiger partial charge in [0, 0.05) is 6.54 Å². The maximum Gasteiger partial charge on any atom is 0.411 e. The van der Waals surface area contributed by atoms with Crippen LogP contribution in [0.1, 0.15) is 46.1 Å². The van der Waals surface area contributed by atoms with Crippen LogP contribution in [0, 0.1) is 0 Å². The number of allylic oxidation sites excluding steroid dienone is 1. The van der Waals surface area contributed by atoms with Gasteiger partial charge in [0.15, 0.2) is 0 Å². The van der Waals surface area contributed by atoms with Crippen LogP contribution in [-0.2, 0) is 11.3 Å². The summed E-state index contributed by atoms with van der Waals surface area (Å²) in [5.74, 6) is 0. The lowest BCUT2D eigenvalue weighted by atomic mass is 10.1. The smallest absolute Gasteiger partial charge is 0.411 e. The molecular formula is C18H25NO2. The Morgan fingerprint density at radius 3 is 2.48 bits per heavy atom. The summed E-state index contributed by atoms with van der Waals surface area (Å²) >= 11 is 0. The average molecular weight is 287 g/mol. The number of benzene rings is 1. The normalized spacial score (nSPS) is 18.3. The monoisotopic (exact) mass is 287 g/mol. The van der Waals surface area contributed by atoms with Gasteiger partial charge in [-0.25, -0.2) is 4.79 Å². The van der Waals surface area contributed by atoms with E-state index in [2.05, 4.69) is 13.0 Å². The van der Waals surface area contributed by atoms with Crippen LogP contribution in [-0.4, -0.2) is 22.6 Å². The Morgan fingerprint density at radius 2 is 1.95 bits per heavy atom. The van der Waals surface area contributed by atoms with Gasteiger partial charge < -0.3 is 4.74 Å². The third-order valence-electron chi connectivity index (χ3n) is 3.54. The van der Waals surface area contributed by atoms with Crippen molar-refractivity contribution in [3.63, 3.8) is 0 Å². The summed E-state index contributed by atoms with van der Waals surface area (Å²) < 4.78 is 5.58. The van der Waals surface area contributed by atoms with Crippen molar-refractivity contribution < 1.29 is 9.53 Å². The second-order valence-corrected chi connectivity index (χ2v) is 6.71. The minimum Gasteiger partial charge on any atom is -0.444 e. The summed E-state index contributed by atoms with van der Waals surface area (Å²) in [4.78, 5) is 14.4. The lowest BCUT2D eigenvalue weighted by Crippen LogP contribution is -2.41. The van der Waals surface area contributed by atoms with Crippen LogP contribution >= 0.6 is 0 Å². The van der Waals surface area contributed by atoms with Gasteiger partial charge >= 0.3 is 6.09 Å². The highest BCUT2D eigenvalue weighted by molar-refractivity contribution is 5.69. The first-order valence-corrected chi connectivity index (χ1v) is 7.56. The van der Waals surface area contributed by atoms with Crippen LogP contribution in [0.3, 0.4) is 0 Å². The molecule has 0 heterocycles. The van der Waals surface area contributed by atoms with E-state index in [1.165, 1.54) is 5.57 Å². The largest absolute Gasteiger partial charge is 0.444 e. The van der Waals surface area contributed by atoms with E-state index in [0.29, 0.717) is 6.54 Å². The van der Waals surface area contributed by atoms with Gasteiger partial charge in [-0.2, -0.15) is 0 Å². The second-order valence-electron chi connectivity index (χ2n) is 6.71. The highest BCUT2D eigenvalue weighted by Crippen LogP contribution is 2.25. The molecule has 21 heavy (non-hydrogen) atoms. The molecule has 0 spiro atoms. The van der Waals surface area contributed by atoms with Crippen LogP contribution < -0.4 is 0 Å². The zero-order valence-corrected chi connectivity index (χ0v) is 13.4. The van der Waals surface area contributed by atoms with E-state index in [0.717, 1.165) is 18.4 Å². The summed E-state index contributed by atoms with van der Waals surface area (Å²) in [6.45, 7) is 8.42. The number of carbonyl (C=O) groups excluding carboxylic acids is 1. The lowest BCUT2D eigenvalue weighted by molar-refractivity contribution is 0.0180. The number of carbonyl (C=O) groups is 1. The number of nitrogens with zero attached hydrogens (tertiary/aromatic N) is 1. The Labute approximate surface area is 127 Å². The van der Waals surface area contributed by atoms with Crippen molar-refractivity contribution >= 4 is 6.09 Å². The fourth-order valence-corrected chi connectivity index (χ4v) is 2.53. The molecular weight excluding hydrogens is 262 g/mol. The van der Waals surface area contributed by atoms with Crippen molar-refractivity contribution in [2.24, 2.45) is 0 Å². The van der Waals surface area contributed by atoms with Crippen molar-refractivity contribution in [2.45, 2.75) is 58.7 Å². The predicted octanol–water partition coefficient (Wildman–Crippen LogP) is 4.53. The molecule has 1 unspecified atom stereocenters. The van der Waals surface area contributed by atoms with E-state index in [4.69, 9.17) is 4.74 Å². The Balaban J connectivity index is 2.16. The molecule has 0 saturated heterocycles. The van der Waals surface area contributed by atoms with Crippen molar-refractivity contribution in [3.8, 4) is 0 Å². The first-order valence-electron chi connectivity index (χ1n) is 7.56. The zero-order valence-electron chi connectivity index (χ0n) is 13.4. The van der Waals surface area contributed by atoms with Gasteiger partial charge in [0.1, 0.15) is 5.60 Å². The predicted molar refractivity (Wildman–Crippen MR) is 85.0 cm³/mol. The number of ether oxygens (including phenoxy) is 1. The van der Waals surface area contributed by atoms with Gasteiger partial charge in [0.2, 0.25) is 0 Å². The van der Waals surface area contributed by atoms with E-state index in [1.807, 2.05) is 56.0 Å². The topological polar surface area (TPSA) is 29.5 Å². The maximum atomic E-state index is 12.5. The van der Waals surface area contributed by atoms with E-state index in [1.54, 1.807) is 0 Å². The number of rotatable bonds is 3. The molecule has 0 bridgehead atoms. The second kappa shape index (κ2) is 6.33. The first kappa shape index (κ1) is 15.6. The number of amides is 1. The van der Waals surface area contributed by atoms with Gasteiger partial charge in [-0.1, -0.05) is 42.0 Å². The highest BCUT2D eigenvalue weighted by atomic mass is 16.6. The third-order valence-corrected chi connectivity index (χ3v) is 3.54. The molecule has 1 aromatic carbocycles. The molecule has 1 aliphatic rings. The van der Waals surface area contributed by atoms with Crippen LogP contribution in [0.2, 0.25) is 0 Å². The minimum atomic E-state index is -0.469. The molecule has 3 heteroatoms. The maximum absolute atomic E-state index is 12.5. The summed E-state index contributed by atoms with van der Waals surface area (Å²) in [5, 5.41) is 0. The number of hydrogen-bond donors (Lipinski definition) is 0. The molecule has 0 aliphatic heterocycles. The lowest BCUT2D eigenvalue weighted by Gasteiger charge is -2.31. The molecule has 114 valence electrons. The van der Waals surface area contributed by atoms with Gasteiger partial charge in [-0.05, 0) is 46.1 Å². The average Bonchev–Trinajstić information content (AvgIpc) is 2.81. The Hall–Kier alpha value is -1.77. The SMILES string of the molecule is CC1=CC(N(Cc2ccccc2)C(=O)OC(C)(C)C)CC1. The summed E-state index contributed by atoms with van der Waals surface area (Å²) in [6.07, 6.45) is 3.99. The fourth-order valence-electron chi connectivity index (χ4n) is 2.53. The first-order chi connectivity index (χ1) is 9.85. The quantitative estimate of drug-likeness (QED) is 0.764. The number of hydrogen-bond acceptors (Lipinski definition) is 2. The van der Waals surface area contributed by atoms with Gasteiger partial charge in [0.05, 0.1) is 6.04 Å². The molecule has 1 aromatic rings. The van der Waals surface area contributed by atoms with Gasteiger partial charge in [0.25, 0.3) is 0 Å². The van der Waals surface area contributed by atoms with E-state index in [9.17, 15) is 4.79 Å². The minimum absolute atomic E-state index is 0.139. The van der Waals surface area contributed by atoms with Crippen LogP contribution in [0.5, 0.6) is 0 Å². The van der Waals surface area contributed by atoms with Crippen molar-refractivity contribution in [1.29, 1.82) is 0 Å². The summed E-state index contributed by atoms with van der Waals surface area (Å²) in [7, 11) is 0. The van der Waals surface area contributed by atoms with Crippen molar-refractivity contribution in [3.05, 3.63) is 47.5 Å². The fraction of sp³-hybridized carbons (Fsp3) is 0.500. The molecule has 3 nitrogen and oxygen atoms in total. The van der Waals surface area contributed by atoms with Gasteiger partial charge in [-0.15, -0.1) is 0 Å². The molecule has 0 saturated carbocycles. The molecule has 0 N–H and O–H groups in total. The van der Waals surface area contributed by atoms with Crippen molar-refractivity contribution in [2.75, 3.05) is 0 Å². The molecule has 1 aliphatic carbocycles. The standard InChI is InChI=1S/C18H25NO2/c1-14-10-11-16(12-14)19(17(20)21-18(2,3)4)13-15-8-6-5-7-9-15/h5-9,12,16H,10-11,13H2,1-4H3. The molecule has 2 rings (SSSR count). The van der Waals surface area contributed by atoms with E-state index in [-0.39, 0.29) is 12.1 Å². The molecule has 1 amide bonds. The Bertz CT molecular complexity index is 514. The molecule has 1 atom stereocenters. The Kier molecular flexibility index (Phi) is 4.71. The molecule has 0 radical (unpaired) electrons. The van der Waals surface area contributed by atoms with E-state index >= 15 is 0 Å². The third kappa shape index (κ3) is 4.62. The van der Waals surface area contributed by atoms with Gasteiger partial charge in [-0.3, -0.25) is 4.90 Å². The highest BCUT2D eigenvalue weighted by Gasteiger charge is 2.29. The van der Waals surface area contributed by atoms with Crippen LogP contribution in [0.25, 0.3) is 0 Å².